The van der Waals surface area contributed by atoms with Crippen molar-refractivity contribution in [1.29, 1.82) is 0 Å². The van der Waals surface area contributed by atoms with E-state index in [9.17, 15) is 13.2 Å². The Bertz CT molecular complexity index is 722. The molecule has 2 aromatic rings. The minimum absolute atomic E-state index is 0.168. The Morgan fingerprint density at radius 3 is 2.67 bits per heavy atom. The Labute approximate surface area is 122 Å². The van der Waals surface area contributed by atoms with Crippen LogP contribution in [-0.4, -0.2) is 37.8 Å². The molecule has 2 heterocycles. The van der Waals surface area contributed by atoms with Crippen LogP contribution in [0.4, 0.5) is 0 Å². The molecule has 7 nitrogen and oxygen atoms in total. The zero-order chi connectivity index (χ0) is 15.5. The minimum atomic E-state index is -3.63. The number of hydrogen-bond donors (Lipinski definition) is 0. The Morgan fingerprint density at radius 1 is 1.29 bits per heavy atom. The predicted octanol–water partition coefficient (Wildman–Crippen LogP) is 1.28. The molecule has 0 aliphatic heterocycles. The lowest BCUT2D eigenvalue weighted by atomic mass is 10.3. The molecule has 0 amide bonds. The van der Waals surface area contributed by atoms with Crippen molar-refractivity contribution in [3.05, 3.63) is 48.0 Å². The summed E-state index contributed by atoms with van der Waals surface area (Å²) in [5.41, 5.74) is 0.171. The maximum absolute atomic E-state index is 11.8. The van der Waals surface area contributed by atoms with Crippen LogP contribution in [0.25, 0.3) is 0 Å². The van der Waals surface area contributed by atoms with Gasteiger partial charge >= 0.3 is 5.97 Å². The number of pyridine rings is 1. The summed E-state index contributed by atoms with van der Waals surface area (Å²) in [7, 11) is -0.830. The Kier molecular flexibility index (Phi) is 4.39. The first-order valence-electron chi connectivity index (χ1n) is 6.00. The highest BCUT2D eigenvalue weighted by molar-refractivity contribution is 7.88. The number of carbonyl (C=O) groups is 1. The van der Waals surface area contributed by atoms with Gasteiger partial charge in [-0.2, -0.15) is 0 Å². The topological polar surface area (TPSA) is 89.7 Å². The molecule has 0 saturated carbocycles. The summed E-state index contributed by atoms with van der Waals surface area (Å²) in [5, 5.41) is -0.198. The van der Waals surface area contributed by atoms with E-state index in [1.807, 2.05) is 0 Å². The maximum Gasteiger partial charge on any atom is 0.357 e. The largest absolute Gasteiger partial charge is 0.453 e. The van der Waals surface area contributed by atoms with Gasteiger partial charge in [-0.25, -0.2) is 22.5 Å². The molecule has 8 heteroatoms. The second-order valence-electron chi connectivity index (χ2n) is 4.30. The first-order valence-corrected chi connectivity index (χ1v) is 7.44. The van der Waals surface area contributed by atoms with Crippen LogP contribution in [0.5, 0.6) is 0 Å². The van der Waals surface area contributed by atoms with E-state index in [4.69, 9.17) is 9.15 Å². The molecule has 0 unspecified atom stereocenters. The zero-order valence-corrected chi connectivity index (χ0v) is 12.3. The molecule has 2 aromatic heterocycles. The van der Waals surface area contributed by atoms with Gasteiger partial charge in [0.15, 0.2) is 0 Å². The Morgan fingerprint density at radius 2 is 2.05 bits per heavy atom. The van der Waals surface area contributed by atoms with Gasteiger partial charge in [-0.05, 0) is 24.3 Å². The normalized spacial score (nSPS) is 11.6. The van der Waals surface area contributed by atoms with Gasteiger partial charge in [0.05, 0.1) is 0 Å². The summed E-state index contributed by atoms with van der Waals surface area (Å²) in [5.74, 6) is -0.372. The molecule has 0 N–H and O–H groups in total. The van der Waals surface area contributed by atoms with Gasteiger partial charge in [0.25, 0.3) is 10.0 Å². The average molecular weight is 310 g/mol. The molecule has 0 bridgehead atoms. The van der Waals surface area contributed by atoms with Crippen molar-refractivity contribution in [2.24, 2.45) is 0 Å². The summed E-state index contributed by atoms with van der Waals surface area (Å²) in [6, 6.07) is 7.63. The third-order valence-corrected chi connectivity index (χ3v) is 4.28. The van der Waals surface area contributed by atoms with Crippen molar-refractivity contribution in [2.45, 2.75) is 11.7 Å². The molecular formula is C13H14N2O5S. The summed E-state index contributed by atoms with van der Waals surface area (Å²) in [6.07, 6.45) is 1.48. The number of esters is 1. The number of rotatable bonds is 5. The standard InChI is InChI=1S/C13H14N2O5S/c1-15(2)21(17,18)12-7-6-10(20-12)9-19-13(16)11-5-3-4-8-14-11/h3-8H,9H2,1-2H3. The molecule has 0 aromatic carbocycles. The van der Waals surface area contributed by atoms with E-state index >= 15 is 0 Å². The van der Waals surface area contributed by atoms with E-state index < -0.39 is 16.0 Å². The van der Waals surface area contributed by atoms with Crippen molar-refractivity contribution >= 4 is 16.0 Å². The Hall–Kier alpha value is -2.19. The zero-order valence-electron chi connectivity index (χ0n) is 11.5. The summed E-state index contributed by atoms with van der Waals surface area (Å²) >= 11 is 0. The third kappa shape index (κ3) is 3.47. The lowest BCUT2D eigenvalue weighted by Crippen LogP contribution is -2.21. The number of ether oxygens (including phenoxy) is 1. The van der Waals surface area contributed by atoms with Crippen molar-refractivity contribution in [3.8, 4) is 0 Å². The van der Waals surface area contributed by atoms with Gasteiger partial charge < -0.3 is 9.15 Å². The highest BCUT2D eigenvalue weighted by atomic mass is 32.2. The molecule has 0 aliphatic rings. The molecule has 0 fully saturated rings. The Balaban J connectivity index is 2.03. The van der Waals surface area contributed by atoms with Crippen molar-refractivity contribution in [1.82, 2.24) is 9.29 Å². The average Bonchev–Trinajstić information content (AvgIpc) is 2.95. The fraction of sp³-hybridized carbons (Fsp3) is 0.231. The van der Waals surface area contributed by atoms with E-state index in [2.05, 4.69) is 4.98 Å². The van der Waals surface area contributed by atoms with Crippen LogP contribution < -0.4 is 0 Å². The monoisotopic (exact) mass is 310 g/mol. The second kappa shape index (κ2) is 6.06. The molecular weight excluding hydrogens is 296 g/mol. The van der Waals surface area contributed by atoms with Crippen LogP contribution in [-0.2, 0) is 21.4 Å². The summed E-state index contributed by atoms with van der Waals surface area (Å²) in [6.45, 7) is -0.168. The van der Waals surface area contributed by atoms with Crippen molar-refractivity contribution in [3.63, 3.8) is 0 Å². The van der Waals surface area contributed by atoms with Gasteiger partial charge in [0.2, 0.25) is 5.09 Å². The fourth-order valence-corrected chi connectivity index (χ4v) is 2.26. The van der Waals surface area contributed by atoms with E-state index in [0.29, 0.717) is 0 Å². The molecule has 0 atom stereocenters. The van der Waals surface area contributed by atoms with Crippen LogP contribution in [0, 0.1) is 0 Å². The van der Waals surface area contributed by atoms with Crippen molar-refractivity contribution in [2.75, 3.05) is 14.1 Å². The number of carbonyl (C=O) groups excluding carboxylic acids is 1. The number of nitrogens with zero attached hydrogens (tertiary/aromatic N) is 2. The first kappa shape index (κ1) is 15.2. The quantitative estimate of drug-likeness (QED) is 0.773. The van der Waals surface area contributed by atoms with Crippen LogP contribution in [0.3, 0.4) is 0 Å². The molecule has 0 spiro atoms. The van der Waals surface area contributed by atoms with Crippen LogP contribution in [0.2, 0.25) is 0 Å². The number of aromatic nitrogens is 1. The van der Waals surface area contributed by atoms with Crippen LogP contribution in [0.1, 0.15) is 16.2 Å². The second-order valence-corrected chi connectivity index (χ2v) is 6.38. The van der Waals surface area contributed by atoms with E-state index in [1.54, 1.807) is 12.1 Å². The molecule has 0 saturated heterocycles. The summed E-state index contributed by atoms with van der Waals surface area (Å²) < 4.78 is 34.8. The smallest absolute Gasteiger partial charge is 0.357 e. The number of hydrogen-bond acceptors (Lipinski definition) is 6. The first-order chi connectivity index (χ1) is 9.91. The van der Waals surface area contributed by atoms with Crippen LogP contribution in [0.15, 0.2) is 46.0 Å². The molecule has 0 radical (unpaired) electrons. The molecule has 2 rings (SSSR count). The fourth-order valence-electron chi connectivity index (χ4n) is 1.45. The van der Waals surface area contributed by atoms with Crippen molar-refractivity contribution < 1.29 is 22.4 Å². The van der Waals surface area contributed by atoms with Gasteiger partial charge in [-0.1, -0.05) is 6.07 Å². The van der Waals surface area contributed by atoms with E-state index in [0.717, 1.165) is 4.31 Å². The van der Waals surface area contributed by atoms with Gasteiger partial charge in [0.1, 0.15) is 18.1 Å². The molecule has 112 valence electrons. The molecule has 0 aliphatic carbocycles. The number of sulfonamides is 1. The van der Waals surface area contributed by atoms with E-state index in [-0.39, 0.29) is 23.2 Å². The maximum atomic E-state index is 11.8. The highest BCUT2D eigenvalue weighted by Gasteiger charge is 2.21. The molecule has 21 heavy (non-hydrogen) atoms. The highest BCUT2D eigenvalue weighted by Crippen LogP contribution is 2.17. The SMILES string of the molecule is CN(C)S(=O)(=O)c1ccc(COC(=O)c2ccccn2)o1. The minimum Gasteiger partial charge on any atom is -0.453 e. The van der Waals surface area contributed by atoms with E-state index in [1.165, 1.54) is 38.5 Å². The lowest BCUT2D eigenvalue weighted by Gasteiger charge is -2.07. The third-order valence-electron chi connectivity index (χ3n) is 2.59. The van der Waals surface area contributed by atoms with Gasteiger partial charge in [-0.3, -0.25) is 0 Å². The summed E-state index contributed by atoms with van der Waals surface area (Å²) in [4.78, 5) is 15.5. The number of furan rings is 1. The lowest BCUT2D eigenvalue weighted by molar-refractivity contribution is 0.0433. The van der Waals surface area contributed by atoms with Crippen LogP contribution >= 0.6 is 0 Å². The van der Waals surface area contributed by atoms with Gasteiger partial charge in [0, 0.05) is 20.3 Å². The van der Waals surface area contributed by atoms with Gasteiger partial charge in [-0.15, -0.1) is 0 Å². The predicted molar refractivity (Wildman–Crippen MR) is 72.9 cm³/mol.